The minimum atomic E-state index is 0.672. The quantitative estimate of drug-likeness (QED) is 0.605. The zero-order chi connectivity index (χ0) is 11.0. The molecule has 0 aromatic heterocycles. The van der Waals surface area contributed by atoms with Crippen LogP contribution in [-0.2, 0) is 0 Å². The van der Waals surface area contributed by atoms with Crippen LogP contribution in [0.25, 0.3) is 0 Å². The fraction of sp³-hybridized carbons (Fsp3) is 1.00. The number of nitrogens with zero attached hydrogens (tertiary/aromatic N) is 1. The molecule has 86 valence electrons. The Labute approximate surface area is 90.1 Å². The highest BCUT2D eigenvalue weighted by Gasteiger charge is 2.02. The zero-order valence-corrected chi connectivity index (χ0v) is 10.6. The minimum Gasteiger partial charge on any atom is -0.317 e. The average molecular weight is 200 g/mol. The van der Waals surface area contributed by atoms with Gasteiger partial charge < -0.3 is 10.2 Å². The van der Waals surface area contributed by atoms with Crippen LogP contribution in [0.2, 0.25) is 0 Å². The van der Waals surface area contributed by atoms with Crippen molar-refractivity contribution in [1.82, 2.24) is 10.2 Å². The molecule has 0 aliphatic heterocycles. The SMILES string of the molecule is CNC(C)CCCCN(C)CC(C)C. The Balaban J connectivity index is 3.27. The van der Waals surface area contributed by atoms with Gasteiger partial charge in [0.2, 0.25) is 0 Å². The van der Waals surface area contributed by atoms with E-state index in [1.165, 1.54) is 32.4 Å². The molecule has 0 bridgehead atoms. The summed E-state index contributed by atoms with van der Waals surface area (Å²) in [5.41, 5.74) is 0. The van der Waals surface area contributed by atoms with Gasteiger partial charge in [0.15, 0.2) is 0 Å². The Hall–Kier alpha value is -0.0800. The van der Waals surface area contributed by atoms with Gasteiger partial charge in [-0.25, -0.2) is 0 Å². The lowest BCUT2D eigenvalue weighted by Crippen LogP contribution is -2.25. The number of hydrogen-bond donors (Lipinski definition) is 1. The molecular formula is C12H28N2. The first-order valence-corrected chi connectivity index (χ1v) is 5.92. The third-order valence-electron chi connectivity index (χ3n) is 2.60. The summed E-state index contributed by atoms with van der Waals surface area (Å²) in [5, 5.41) is 3.27. The molecule has 0 amide bonds. The van der Waals surface area contributed by atoms with Crippen LogP contribution >= 0.6 is 0 Å². The molecular weight excluding hydrogens is 172 g/mol. The molecule has 0 radical (unpaired) electrons. The molecule has 0 heterocycles. The van der Waals surface area contributed by atoms with E-state index >= 15 is 0 Å². The molecule has 0 saturated heterocycles. The molecule has 2 nitrogen and oxygen atoms in total. The molecule has 0 aliphatic carbocycles. The van der Waals surface area contributed by atoms with Crippen molar-refractivity contribution in [2.24, 2.45) is 5.92 Å². The van der Waals surface area contributed by atoms with Gasteiger partial charge in [-0.2, -0.15) is 0 Å². The molecule has 14 heavy (non-hydrogen) atoms. The highest BCUT2D eigenvalue weighted by molar-refractivity contribution is 4.59. The van der Waals surface area contributed by atoms with E-state index in [1.807, 2.05) is 7.05 Å². The number of unbranched alkanes of at least 4 members (excludes halogenated alkanes) is 1. The Bertz CT molecular complexity index is 123. The Morgan fingerprint density at radius 2 is 1.79 bits per heavy atom. The molecule has 0 aromatic rings. The summed E-state index contributed by atoms with van der Waals surface area (Å²) >= 11 is 0. The van der Waals surface area contributed by atoms with Crippen LogP contribution in [0.5, 0.6) is 0 Å². The molecule has 0 aromatic carbocycles. The van der Waals surface area contributed by atoms with Crippen LogP contribution in [-0.4, -0.2) is 38.1 Å². The van der Waals surface area contributed by atoms with Gasteiger partial charge in [0.25, 0.3) is 0 Å². The fourth-order valence-electron chi connectivity index (χ4n) is 1.69. The monoisotopic (exact) mass is 200 g/mol. The molecule has 0 aliphatic rings. The second-order valence-electron chi connectivity index (χ2n) is 4.84. The van der Waals surface area contributed by atoms with Crippen LogP contribution < -0.4 is 5.32 Å². The van der Waals surface area contributed by atoms with E-state index < -0.39 is 0 Å². The van der Waals surface area contributed by atoms with Crippen molar-refractivity contribution in [3.05, 3.63) is 0 Å². The number of nitrogens with one attached hydrogen (secondary N) is 1. The lowest BCUT2D eigenvalue weighted by Gasteiger charge is -2.19. The van der Waals surface area contributed by atoms with Crippen molar-refractivity contribution in [3.63, 3.8) is 0 Å². The largest absolute Gasteiger partial charge is 0.317 e. The first-order chi connectivity index (χ1) is 6.56. The van der Waals surface area contributed by atoms with Crippen LogP contribution in [0.3, 0.4) is 0 Å². The van der Waals surface area contributed by atoms with Gasteiger partial charge in [0.1, 0.15) is 0 Å². The first-order valence-electron chi connectivity index (χ1n) is 5.92. The maximum atomic E-state index is 3.27. The van der Waals surface area contributed by atoms with Gasteiger partial charge in [0, 0.05) is 12.6 Å². The van der Waals surface area contributed by atoms with Crippen LogP contribution in [0.4, 0.5) is 0 Å². The number of rotatable bonds is 8. The molecule has 0 saturated carbocycles. The van der Waals surface area contributed by atoms with Gasteiger partial charge in [-0.05, 0) is 46.3 Å². The van der Waals surface area contributed by atoms with Gasteiger partial charge in [-0.15, -0.1) is 0 Å². The Kier molecular flexibility index (Phi) is 8.20. The normalized spacial score (nSPS) is 13.9. The first kappa shape index (κ1) is 13.9. The summed E-state index contributed by atoms with van der Waals surface area (Å²) < 4.78 is 0. The van der Waals surface area contributed by atoms with Gasteiger partial charge in [-0.1, -0.05) is 20.3 Å². The van der Waals surface area contributed by atoms with Crippen molar-refractivity contribution < 1.29 is 0 Å². The van der Waals surface area contributed by atoms with E-state index in [-0.39, 0.29) is 0 Å². The third-order valence-corrected chi connectivity index (χ3v) is 2.60. The maximum absolute atomic E-state index is 3.27. The maximum Gasteiger partial charge on any atom is 0.00357 e. The lowest BCUT2D eigenvalue weighted by molar-refractivity contribution is 0.287. The Morgan fingerprint density at radius 1 is 1.14 bits per heavy atom. The predicted molar refractivity (Wildman–Crippen MR) is 64.7 cm³/mol. The third kappa shape index (κ3) is 8.52. The number of hydrogen-bond acceptors (Lipinski definition) is 2. The standard InChI is InChI=1S/C12H28N2/c1-11(2)10-14(5)9-7-6-8-12(3)13-4/h11-13H,6-10H2,1-5H3. The van der Waals surface area contributed by atoms with E-state index in [2.05, 4.69) is 38.0 Å². The van der Waals surface area contributed by atoms with Crippen molar-refractivity contribution in [1.29, 1.82) is 0 Å². The molecule has 0 spiro atoms. The van der Waals surface area contributed by atoms with Gasteiger partial charge in [0.05, 0.1) is 0 Å². The second kappa shape index (κ2) is 8.25. The highest BCUT2D eigenvalue weighted by atomic mass is 15.1. The Morgan fingerprint density at radius 3 is 2.29 bits per heavy atom. The summed E-state index contributed by atoms with van der Waals surface area (Å²) in [5.74, 6) is 0.788. The van der Waals surface area contributed by atoms with Gasteiger partial charge >= 0.3 is 0 Å². The molecule has 0 rings (SSSR count). The molecule has 1 N–H and O–H groups in total. The average Bonchev–Trinajstić information content (AvgIpc) is 2.10. The van der Waals surface area contributed by atoms with Gasteiger partial charge in [-0.3, -0.25) is 0 Å². The summed E-state index contributed by atoms with van der Waals surface area (Å²) in [6.45, 7) is 9.27. The summed E-state index contributed by atoms with van der Waals surface area (Å²) in [7, 11) is 4.26. The van der Waals surface area contributed by atoms with Crippen LogP contribution in [0, 0.1) is 5.92 Å². The summed E-state index contributed by atoms with van der Waals surface area (Å²) in [6, 6.07) is 0.672. The lowest BCUT2D eigenvalue weighted by atomic mass is 10.1. The molecule has 2 heteroatoms. The van der Waals surface area contributed by atoms with Crippen LogP contribution in [0.1, 0.15) is 40.0 Å². The highest BCUT2D eigenvalue weighted by Crippen LogP contribution is 2.02. The smallest absolute Gasteiger partial charge is 0.00357 e. The fourth-order valence-corrected chi connectivity index (χ4v) is 1.69. The van der Waals surface area contributed by atoms with E-state index in [1.54, 1.807) is 0 Å². The van der Waals surface area contributed by atoms with Crippen LogP contribution in [0.15, 0.2) is 0 Å². The zero-order valence-electron chi connectivity index (χ0n) is 10.6. The molecule has 1 unspecified atom stereocenters. The van der Waals surface area contributed by atoms with E-state index in [4.69, 9.17) is 0 Å². The minimum absolute atomic E-state index is 0.672. The van der Waals surface area contributed by atoms with E-state index in [0.717, 1.165) is 5.92 Å². The topological polar surface area (TPSA) is 15.3 Å². The van der Waals surface area contributed by atoms with E-state index in [9.17, 15) is 0 Å². The summed E-state index contributed by atoms with van der Waals surface area (Å²) in [6.07, 6.45) is 3.96. The second-order valence-corrected chi connectivity index (χ2v) is 4.84. The van der Waals surface area contributed by atoms with Crippen molar-refractivity contribution in [2.75, 3.05) is 27.2 Å². The summed E-state index contributed by atoms with van der Waals surface area (Å²) in [4.78, 5) is 2.44. The molecule has 0 fully saturated rings. The molecule has 1 atom stereocenters. The van der Waals surface area contributed by atoms with Crippen molar-refractivity contribution in [3.8, 4) is 0 Å². The predicted octanol–water partition coefficient (Wildman–Crippen LogP) is 2.35. The van der Waals surface area contributed by atoms with E-state index in [0.29, 0.717) is 6.04 Å². The van der Waals surface area contributed by atoms with Crippen molar-refractivity contribution in [2.45, 2.75) is 46.1 Å². The van der Waals surface area contributed by atoms with Crippen molar-refractivity contribution >= 4 is 0 Å².